The van der Waals surface area contributed by atoms with Gasteiger partial charge in [0, 0.05) is 16.2 Å². The largest absolute Gasteiger partial charge is 0.320 e. The SMILES string of the molecule is NCC#Cc1cccc(SCC2CCCCCC2)c1. The van der Waals surface area contributed by atoms with Crippen LogP contribution in [0.4, 0.5) is 0 Å². The van der Waals surface area contributed by atoms with Crippen molar-refractivity contribution in [1.82, 2.24) is 0 Å². The topological polar surface area (TPSA) is 26.0 Å². The Labute approximate surface area is 121 Å². The molecule has 0 atom stereocenters. The molecule has 1 aliphatic rings. The number of benzene rings is 1. The van der Waals surface area contributed by atoms with Gasteiger partial charge in [0.1, 0.15) is 0 Å². The van der Waals surface area contributed by atoms with Gasteiger partial charge in [-0.25, -0.2) is 0 Å². The molecule has 0 spiro atoms. The minimum absolute atomic E-state index is 0.430. The predicted molar refractivity (Wildman–Crippen MR) is 84.3 cm³/mol. The maximum absolute atomic E-state index is 5.41. The summed E-state index contributed by atoms with van der Waals surface area (Å²) in [6.07, 6.45) is 8.55. The van der Waals surface area contributed by atoms with E-state index in [1.54, 1.807) is 0 Å². The second kappa shape index (κ2) is 8.30. The lowest BCUT2D eigenvalue weighted by atomic mass is 10.0. The average Bonchev–Trinajstić information content (AvgIpc) is 2.72. The van der Waals surface area contributed by atoms with Crippen molar-refractivity contribution >= 4 is 11.8 Å². The molecule has 19 heavy (non-hydrogen) atoms. The number of thioether (sulfide) groups is 1. The van der Waals surface area contributed by atoms with Crippen molar-refractivity contribution < 1.29 is 0 Å². The van der Waals surface area contributed by atoms with Gasteiger partial charge in [-0.3, -0.25) is 0 Å². The number of hydrogen-bond donors (Lipinski definition) is 1. The highest BCUT2D eigenvalue weighted by Gasteiger charge is 2.12. The lowest BCUT2D eigenvalue weighted by molar-refractivity contribution is 0.513. The maximum atomic E-state index is 5.41. The van der Waals surface area contributed by atoms with Crippen LogP contribution in [0.15, 0.2) is 29.2 Å². The zero-order chi connectivity index (χ0) is 13.3. The molecule has 0 heterocycles. The minimum Gasteiger partial charge on any atom is -0.320 e. The molecule has 1 nitrogen and oxygen atoms in total. The Morgan fingerprint density at radius 2 is 1.95 bits per heavy atom. The van der Waals surface area contributed by atoms with Gasteiger partial charge in [0.2, 0.25) is 0 Å². The highest BCUT2D eigenvalue weighted by atomic mass is 32.2. The van der Waals surface area contributed by atoms with Crippen LogP contribution in [0.5, 0.6) is 0 Å². The van der Waals surface area contributed by atoms with Crippen LogP contribution in [0.25, 0.3) is 0 Å². The molecule has 0 aromatic heterocycles. The summed E-state index contributed by atoms with van der Waals surface area (Å²) in [7, 11) is 0. The first-order valence-corrected chi connectivity index (χ1v) is 8.29. The molecule has 2 heteroatoms. The standard InChI is InChI=1S/C17H23NS/c18-12-6-10-15-9-5-11-17(13-15)19-14-16-7-3-1-2-4-8-16/h5,9,11,13,16H,1-4,7-8,12,14,18H2. The normalized spacial score (nSPS) is 16.5. The van der Waals surface area contributed by atoms with E-state index in [4.69, 9.17) is 5.73 Å². The van der Waals surface area contributed by atoms with Crippen molar-refractivity contribution in [2.45, 2.75) is 43.4 Å². The monoisotopic (exact) mass is 273 g/mol. The summed E-state index contributed by atoms with van der Waals surface area (Å²) >= 11 is 1.98. The fraction of sp³-hybridized carbons (Fsp3) is 0.529. The molecule has 0 aliphatic heterocycles. The van der Waals surface area contributed by atoms with E-state index in [9.17, 15) is 0 Å². The third-order valence-electron chi connectivity index (χ3n) is 3.63. The summed E-state index contributed by atoms with van der Waals surface area (Å²) < 4.78 is 0. The molecule has 0 unspecified atom stereocenters. The fourth-order valence-corrected chi connectivity index (χ4v) is 3.71. The summed E-state index contributed by atoms with van der Waals surface area (Å²) in [5.41, 5.74) is 6.49. The first-order valence-electron chi connectivity index (χ1n) is 7.30. The van der Waals surface area contributed by atoms with E-state index in [1.807, 2.05) is 11.8 Å². The van der Waals surface area contributed by atoms with Crippen LogP contribution in [0, 0.1) is 17.8 Å². The van der Waals surface area contributed by atoms with Gasteiger partial charge < -0.3 is 5.73 Å². The lowest BCUT2D eigenvalue weighted by Gasteiger charge is -2.13. The Balaban J connectivity index is 1.87. The van der Waals surface area contributed by atoms with Crippen molar-refractivity contribution in [1.29, 1.82) is 0 Å². The molecule has 1 saturated carbocycles. The van der Waals surface area contributed by atoms with Crippen LogP contribution in [-0.2, 0) is 0 Å². The van der Waals surface area contributed by atoms with E-state index < -0.39 is 0 Å². The number of nitrogens with two attached hydrogens (primary N) is 1. The van der Waals surface area contributed by atoms with E-state index in [0.717, 1.165) is 11.5 Å². The molecule has 1 aliphatic carbocycles. The number of hydrogen-bond acceptors (Lipinski definition) is 2. The Hall–Kier alpha value is -0.910. The predicted octanol–water partition coefficient (Wildman–Crippen LogP) is 4.06. The molecular formula is C17H23NS. The average molecular weight is 273 g/mol. The van der Waals surface area contributed by atoms with Crippen LogP contribution >= 0.6 is 11.8 Å². The maximum Gasteiger partial charge on any atom is 0.0555 e. The van der Waals surface area contributed by atoms with Crippen LogP contribution in [0.3, 0.4) is 0 Å². The third-order valence-corrected chi connectivity index (χ3v) is 4.85. The highest BCUT2D eigenvalue weighted by Crippen LogP contribution is 2.29. The van der Waals surface area contributed by atoms with E-state index >= 15 is 0 Å². The zero-order valence-electron chi connectivity index (χ0n) is 11.5. The van der Waals surface area contributed by atoms with Crippen molar-refractivity contribution in [2.75, 3.05) is 12.3 Å². The van der Waals surface area contributed by atoms with E-state index in [0.29, 0.717) is 6.54 Å². The van der Waals surface area contributed by atoms with Crippen molar-refractivity contribution in [3.63, 3.8) is 0 Å². The van der Waals surface area contributed by atoms with E-state index in [-0.39, 0.29) is 0 Å². The summed E-state index contributed by atoms with van der Waals surface area (Å²) in [4.78, 5) is 1.34. The first kappa shape index (κ1) is 14.5. The van der Waals surface area contributed by atoms with Gasteiger partial charge in [-0.2, -0.15) is 0 Å². The Morgan fingerprint density at radius 1 is 1.16 bits per heavy atom. The molecule has 102 valence electrons. The van der Waals surface area contributed by atoms with Crippen LogP contribution in [0.1, 0.15) is 44.1 Å². The second-order valence-corrected chi connectivity index (χ2v) is 6.30. The van der Waals surface area contributed by atoms with Gasteiger partial charge in [0.25, 0.3) is 0 Å². The Kier molecular flexibility index (Phi) is 6.33. The summed E-state index contributed by atoms with van der Waals surface area (Å²) in [6.45, 7) is 0.430. The molecule has 0 amide bonds. The first-order chi connectivity index (χ1) is 9.38. The molecule has 0 saturated heterocycles. The fourth-order valence-electron chi connectivity index (χ4n) is 2.56. The van der Waals surface area contributed by atoms with Crippen LogP contribution < -0.4 is 5.73 Å². The van der Waals surface area contributed by atoms with Crippen molar-refractivity contribution in [2.24, 2.45) is 11.7 Å². The highest BCUT2D eigenvalue weighted by molar-refractivity contribution is 7.99. The van der Waals surface area contributed by atoms with Gasteiger partial charge in [0.15, 0.2) is 0 Å². The smallest absolute Gasteiger partial charge is 0.0555 e. The molecular weight excluding hydrogens is 250 g/mol. The minimum atomic E-state index is 0.430. The zero-order valence-corrected chi connectivity index (χ0v) is 12.3. The van der Waals surface area contributed by atoms with E-state index in [2.05, 4.69) is 36.1 Å². The Bertz CT molecular complexity index is 436. The molecule has 1 fully saturated rings. The second-order valence-electron chi connectivity index (χ2n) is 5.20. The lowest BCUT2D eigenvalue weighted by Crippen LogP contribution is -2.01. The molecule has 2 rings (SSSR count). The van der Waals surface area contributed by atoms with Crippen LogP contribution in [0.2, 0.25) is 0 Å². The van der Waals surface area contributed by atoms with Crippen molar-refractivity contribution in [3.8, 4) is 11.8 Å². The molecule has 0 bridgehead atoms. The summed E-state index contributed by atoms with van der Waals surface area (Å²) in [5, 5.41) is 0. The van der Waals surface area contributed by atoms with E-state index in [1.165, 1.54) is 49.2 Å². The van der Waals surface area contributed by atoms with Gasteiger partial charge in [-0.1, -0.05) is 43.6 Å². The summed E-state index contributed by atoms with van der Waals surface area (Å²) in [6, 6.07) is 8.52. The van der Waals surface area contributed by atoms with Gasteiger partial charge in [-0.15, -0.1) is 11.8 Å². The molecule has 1 aromatic carbocycles. The van der Waals surface area contributed by atoms with Crippen molar-refractivity contribution in [3.05, 3.63) is 29.8 Å². The molecule has 0 radical (unpaired) electrons. The summed E-state index contributed by atoms with van der Waals surface area (Å²) in [5.74, 6) is 8.18. The van der Waals surface area contributed by atoms with Gasteiger partial charge in [-0.05, 0) is 37.0 Å². The third kappa shape index (κ3) is 5.30. The molecule has 2 N–H and O–H groups in total. The molecule has 1 aromatic rings. The quantitative estimate of drug-likeness (QED) is 0.510. The number of rotatable bonds is 3. The van der Waals surface area contributed by atoms with Gasteiger partial charge >= 0.3 is 0 Å². The van der Waals surface area contributed by atoms with Gasteiger partial charge in [0.05, 0.1) is 6.54 Å². The van der Waals surface area contributed by atoms with Crippen LogP contribution in [-0.4, -0.2) is 12.3 Å². The Morgan fingerprint density at radius 3 is 2.68 bits per heavy atom.